The van der Waals surface area contributed by atoms with Gasteiger partial charge in [0.05, 0.1) is 16.5 Å². The average molecular weight is 257 g/mol. The molecule has 1 aromatic rings. The highest BCUT2D eigenvalue weighted by Gasteiger charge is 2.19. The van der Waals surface area contributed by atoms with Gasteiger partial charge in [0, 0.05) is 0 Å². The monoisotopic (exact) mass is 257 g/mol. The Morgan fingerprint density at radius 2 is 1.94 bits per heavy atom. The van der Waals surface area contributed by atoms with E-state index in [0.29, 0.717) is 0 Å². The van der Waals surface area contributed by atoms with E-state index >= 15 is 0 Å². The first kappa shape index (κ1) is 13.5. The first-order valence-corrected chi connectivity index (χ1v) is 6.64. The van der Waals surface area contributed by atoms with Crippen LogP contribution in [0.15, 0.2) is 18.2 Å². The van der Waals surface area contributed by atoms with Crippen molar-refractivity contribution in [2.24, 2.45) is 0 Å². The molecule has 0 fully saturated rings. The number of aromatic carboxylic acids is 1. The van der Waals surface area contributed by atoms with Gasteiger partial charge in [-0.25, -0.2) is 13.2 Å². The highest BCUT2D eigenvalue weighted by atomic mass is 32.2. The normalized spacial score (nSPS) is 11.5. The van der Waals surface area contributed by atoms with Crippen LogP contribution in [0.25, 0.3) is 0 Å². The first-order chi connectivity index (χ1) is 7.74. The lowest BCUT2D eigenvalue weighted by atomic mass is 10.1. The van der Waals surface area contributed by atoms with Crippen LogP contribution >= 0.6 is 0 Å². The summed E-state index contributed by atoms with van der Waals surface area (Å²) >= 11 is 0. The third kappa shape index (κ3) is 3.20. The second kappa shape index (κ2) is 4.75. The molecule has 5 nitrogen and oxygen atoms in total. The van der Waals surface area contributed by atoms with Crippen molar-refractivity contribution in [1.29, 1.82) is 0 Å². The van der Waals surface area contributed by atoms with E-state index in [0.717, 1.165) is 5.56 Å². The van der Waals surface area contributed by atoms with Crippen molar-refractivity contribution in [3.63, 3.8) is 0 Å². The van der Waals surface area contributed by atoms with E-state index in [2.05, 4.69) is 4.72 Å². The minimum Gasteiger partial charge on any atom is -0.478 e. The van der Waals surface area contributed by atoms with Crippen molar-refractivity contribution in [3.05, 3.63) is 29.3 Å². The predicted molar refractivity (Wildman–Crippen MR) is 65.8 cm³/mol. The second-order valence-electron chi connectivity index (χ2n) is 4.05. The van der Waals surface area contributed by atoms with Crippen LogP contribution in [0.3, 0.4) is 0 Å². The quantitative estimate of drug-likeness (QED) is 0.862. The average Bonchev–Trinajstić information content (AvgIpc) is 2.19. The fraction of sp³-hybridized carbons (Fsp3) is 0.364. The van der Waals surface area contributed by atoms with Crippen LogP contribution in [-0.4, -0.2) is 24.7 Å². The Kier molecular flexibility index (Phi) is 3.77. The maximum atomic E-state index is 11.7. The summed E-state index contributed by atoms with van der Waals surface area (Å²) in [5.41, 5.74) is 0.806. The molecule has 94 valence electrons. The molecule has 0 atom stereocenters. The number of nitrogens with one attached hydrogen (secondary N) is 1. The molecular weight excluding hydrogens is 242 g/mol. The fourth-order valence-corrected chi connectivity index (χ4v) is 1.92. The molecule has 0 saturated carbocycles. The zero-order valence-corrected chi connectivity index (χ0v) is 10.7. The van der Waals surface area contributed by atoms with E-state index in [-0.39, 0.29) is 11.3 Å². The van der Waals surface area contributed by atoms with Crippen molar-refractivity contribution >= 4 is 21.7 Å². The van der Waals surface area contributed by atoms with E-state index in [1.165, 1.54) is 26.0 Å². The van der Waals surface area contributed by atoms with Crippen molar-refractivity contribution in [2.75, 3.05) is 4.72 Å². The van der Waals surface area contributed by atoms with Gasteiger partial charge in [-0.15, -0.1) is 0 Å². The van der Waals surface area contributed by atoms with Crippen molar-refractivity contribution in [2.45, 2.75) is 26.0 Å². The maximum absolute atomic E-state index is 11.7. The summed E-state index contributed by atoms with van der Waals surface area (Å²) in [5.74, 6) is -1.16. The summed E-state index contributed by atoms with van der Waals surface area (Å²) in [4.78, 5) is 11.0. The van der Waals surface area contributed by atoms with Crippen LogP contribution in [0.2, 0.25) is 0 Å². The highest BCUT2D eigenvalue weighted by Crippen LogP contribution is 2.19. The molecule has 0 saturated heterocycles. The molecule has 0 heterocycles. The van der Waals surface area contributed by atoms with Gasteiger partial charge in [0.2, 0.25) is 10.0 Å². The molecule has 0 spiro atoms. The van der Waals surface area contributed by atoms with Crippen LogP contribution in [0.5, 0.6) is 0 Å². The topological polar surface area (TPSA) is 83.5 Å². The number of aryl methyl sites for hydroxylation is 1. The molecule has 0 aliphatic heterocycles. The van der Waals surface area contributed by atoms with Crippen molar-refractivity contribution in [1.82, 2.24) is 0 Å². The Balaban J connectivity index is 3.20. The molecule has 6 heteroatoms. The number of carboxylic acids is 1. The molecule has 0 aliphatic carbocycles. The molecule has 0 aromatic heterocycles. The molecule has 1 aromatic carbocycles. The second-order valence-corrected chi connectivity index (χ2v) is 6.29. The van der Waals surface area contributed by atoms with Gasteiger partial charge < -0.3 is 5.11 Å². The van der Waals surface area contributed by atoms with E-state index < -0.39 is 21.2 Å². The van der Waals surface area contributed by atoms with Crippen LogP contribution in [0, 0.1) is 6.92 Å². The molecule has 0 amide bonds. The Morgan fingerprint density at radius 3 is 2.41 bits per heavy atom. The number of rotatable bonds is 4. The highest BCUT2D eigenvalue weighted by molar-refractivity contribution is 7.93. The number of benzene rings is 1. The zero-order chi connectivity index (χ0) is 13.2. The molecule has 0 unspecified atom stereocenters. The van der Waals surface area contributed by atoms with Gasteiger partial charge in [-0.1, -0.05) is 11.6 Å². The summed E-state index contributed by atoms with van der Waals surface area (Å²) in [6.07, 6.45) is 0. The molecule has 2 N–H and O–H groups in total. The van der Waals surface area contributed by atoms with Crippen molar-refractivity contribution in [3.8, 4) is 0 Å². The summed E-state index contributed by atoms with van der Waals surface area (Å²) in [7, 11) is -3.53. The van der Waals surface area contributed by atoms with E-state index in [4.69, 9.17) is 5.11 Å². The van der Waals surface area contributed by atoms with Crippen LogP contribution in [0.4, 0.5) is 5.69 Å². The standard InChI is InChI=1S/C11H15NO4S/c1-7(2)17(15,16)12-10-5-4-8(3)6-9(10)11(13)14/h4-7,12H,1-3H3,(H,13,14). The van der Waals surface area contributed by atoms with E-state index in [1.807, 2.05) is 0 Å². The number of sulfonamides is 1. The van der Waals surface area contributed by atoms with Crippen LogP contribution in [0.1, 0.15) is 29.8 Å². The number of anilines is 1. The maximum Gasteiger partial charge on any atom is 0.337 e. The molecule has 1 rings (SSSR count). The van der Waals surface area contributed by atoms with E-state index in [9.17, 15) is 13.2 Å². The van der Waals surface area contributed by atoms with Crippen molar-refractivity contribution < 1.29 is 18.3 Å². The van der Waals surface area contributed by atoms with Gasteiger partial charge >= 0.3 is 5.97 Å². The Bertz CT molecular complexity index is 534. The Labute approximate surface area is 101 Å². The number of hydrogen-bond acceptors (Lipinski definition) is 3. The van der Waals surface area contributed by atoms with Gasteiger partial charge in [-0.05, 0) is 32.9 Å². The summed E-state index contributed by atoms with van der Waals surface area (Å²) in [5, 5.41) is 8.37. The number of hydrogen-bond donors (Lipinski definition) is 2. The Morgan fingerprint density at radius 1 is 1.35 bits per heavy atom. The lowest BCUT2D eigenvalue weighted by Crippen LogP contribution is -2.23. The summed E-state index contributed by atoms with van der Waals surface area (Å²) < 4.78 is 25.6. The number of carbonyl (C=O) groups is 1. The summed E-state index contributed by atoms with van der Waals surface area (Å²) in [6, 6.07) is 4.55. The zero-order valence-electron chi connectivity index (χ0n) is 9.89. The first-order valence-electron chi connectivity index (χ1n) is 5.09. The predicted octanol–water partition coefficient (Wildman–Crippen LogP) is 1.84. The molecule has 0 bridgehead atoms. The van der Waals surface area contributed by atoms with Gasteiger partial charge in [0.15, 0.2) is 0 Å². The molecule has 17 heavy (non-hydrogen) atoms. The minimum atomic E-state index is -3.53. The third-order valence-electron chi connectivity index (χ3n) is 2.28. The fourth-order valence-electron chi connectivity index (χ4n) is 1.20. The smallest absolute Gasteiger partial charge is 0.337 e. The summed E-state index contributed by atoms with van der Waals surface area (Å²) in [6.45, 7) is 4.79. The minimum absolute atomic E-state index is 0.0470. The van der Waals surface area contributed by atoms with Gasteiger partial charge in [0.25, 0.3) is 0 Å². The Hall–Kier alpha value is -1.56. The molecule has 0 radical (unpaired) electrons. The lowest BCUT2D eigenvalue weighted by Gasteiger charge is -2.13. The lowest BCUT2D eigenvalue weighted by molar-refractivity contribution is 0.0698. The molecule has 0 aliphatic rings. The van der Waals surface area contributed by atoms with Crippen LogP contribution in [-0.2, 0) is 10.0 Å². The van der Waals surface area contributed by atoms with Gasteiger partial charge in [0.1, 0.15) is 0 Å². The van der Waals surface area contributed by atoms with Gasteiger partial charge in [-0.2, -0.15) is 0 Å². The van der Waals surface area contributed by atoms with Gasteiger partial charge in [-0.3, -0.25) is 4.72 Å². The van der Waals surface area contributed by atoms with E-state index in [1.54, 1.807) is 13.0 Å². The van der Waals surface area contributed by atoms with Crippen LogP contribution < -0.4 is 4.72 Å². The third-order valence-corrected chi connectivity index (χ3v) is 4.02. The largest absolute Gasteiger partial charge is 0.478 e. The number of carboxylic acid groups (broad SMARTS) is 1. The SMILES string of the molecule is Cc1ccc(NS(=O)(=O)C(C)C)c(C(=O)O)c1. The molecular formula is C11H15NO4S.